The summed E-state index contributed by atoms with van der Waals surface area (Å²) in [6, 6.07) is 3.86. The zero-order chi connectivity index (χ0) is 13.5. The summed E-state index contributed by atoms with van der Waals surface area (Å²) in [7, 11) is 0. The van der Waals surface area contributed by atoms with Gasteiger partial charge in [0.05, 0.1) is 0 Å². The second-order valence-electron chi connectivity index (χ2n) is 5.41. The third kappa shape index (κ3) is 4.99. The second kappa shape index (κ2) is 7.24. The fourth-order valence-electron chi connectivity index (χ4n) is 2.34. The highest BCUT2D eigenvalue weighted by Crippen LogP contribution is 2.15. The third-order valence-corrected chi connectivity index (χ3v) is 3.74. The average Bonchev–Trinajstić information content (AvgIpc) is 2.45. The summed E-state index contributed by atoms with van der Waals surface area (Å²) >= 11 is 0. The summed E-state index contributed by atoms with van der Waals surface area (Å²) in [5.74, 6) is 0.970. The molecule has 0 saturated carbocycles. The maximum atomic E-state index is 11.8. The quantitative estimate of drug-likeness (QED) is 0.879. The lowest BCUT2D eigenvalue weighted by Crippen LogP contribution is -2.36. The number of hydrogen-bond donors (Lipinski definition) is 1. The second-order valence-corrected chi connectivity index (χ2v) is 5.41. The minimum absolute atomic E-state index is 0.127. The van der Waals surface area contributed by atoms with Crippen molar-refractivity contribution in [2.24, 2.45) is 5.92 Å². The Bertz CT molecular complexity index is 386. The van der Waals surface area contributed by atoms with Crippen LogP contribution in [0.4, 0.5) is 0 Å². The molecule has 2 rings (SSSR count). The van der Waals surface area contributed by atoms with Gasteiger partial charge in [-0.3, -0.25) is 9.78 Å². The van der Waals surface area contributed by atoms with E-state index in [1.807, 2.05) is 12.1 Å². The van der Waals surface area contributed by atoms with E-state index in [9.17, 15) is 4.79 Å². The summed E-state index contributed by atoms with van der Waals surface area (Å²) < 4.78 is 0. The van der Waals surface area contributed by atoms with Crippen molar-refractivity contribution in [2.45, 2.75) is 32.7 Å². The molecule has 0 aliphatic carbocycles. The number of nitrogens with one attached hydrogen (secondary N) is 1. The van der Waals surface area contributed by atoms with Crippen LogP contribution < -0.4 is 5.32 Å². The van der Waals surface area contributed by atoms with Crippen molar-refractivity contribution >= 4 is 5.91 Å². The van der Waals surface area contributed by atoms with Crippen LogP contribution in [-0.2, 0) is 11.3 Å². The van der Waals surface area contributed by atoms with E-state index in [1.165, 1.54) is 12.8 Å². The molecule has 1 aliphatic rings. The van der Waals surface area contributed by atoms with Crippen LogP contribution in [0.5, 0.6) is 0 Å². The van der Waals surface area contributed by atoms with Crippen molar-refractivity contribution < 1.29 is 4.79 Å². The largest absolute Gasteiger partial charge is 0.352 e. The first kappa shape index (κ1) is 14.0. The van der Waals surface area contributed by atoms with Crippen molar-refractivity contribution in [2.75, 3.05) is 19.6 Å². The van der Waals surface area contributed by atoms with Gasteiger partial charge in [0, 0.05) is 31.9 Å². The molecule has 1 aromatic rings. The summed E-state index contributed by atoms with van der Waals surface area (Å²) in [6.07, 6.45) is 6.64. The van der Waals surface area contributed by atoms with Gasteiger partial charge in [0.25, 0.3) is 0 Å². The Morgan fingerprint density at radius 2 is 2.26 bits per heavy atom. The smallest absolute Gasteiger partial charge is 0.221 e. The molecule has 0 aromatic carbocycles. The van der Waals surface area contributed by atoms with Gasteiger partial charge in [-0.05, 0) is 43.5 Å². The van der Waals surface area contributed by atoms with Crippen LogP contribution >= 0.6 is 0 Å². The molecule has 1 saturated heterocycles. The van der Waals surface area contributed by atoms with E-state index in [0.29, 0.717) is 13.0 Å². The van der Waals surface area contributed by atoms with Crippen molar-refractivity contribution in [3.05, 3.63) is 30.1 Å². The standard InChI is InChI=1S/C15H23N3O/c1-13-4-8-18(9-5-13)10-6-15(19)17-12-14-3-2-7-16-11-14/h2-3,7,11,13H,4-6,8-10,12H2,1H3,(H,17,19). The van der Waals surface area contributed by atoms with Crippen molar-refractivity contribution in [3.8, 4) is 0 Å². The van der Waals surface area contributed by atoms with Crippen LogP contribution in [-0.4, -0.2) is 35.4 Å². The highest BCUT2D eigenvalue weighted by Gasteiger charge is 2.15. The van der Waals surface area contributed by atoms with Crippen molar-refractivity contribution in [1.29, 1.82) is 0 Å². The molecule has 1 aliphatic heterocycles. The van der Waals surface area contributed by atoms with Crippen LogP contribution in [0.25, 0.3) is 0 Å². The van der Waals surface area contributed by atoms with E-state index >= 15 is 0 Å². The van der Waals surface area contributed by atoms with E-state index in [4.69, 9.17) is 0 Å². The van der Waals surface area contributed by atoms with Crippen LogP contribution in [0.1, 0.15) is 31.7 Å². The molecule has 104 valence electrons. The Kier molecular flexibility index (Phi) is 5.33. The highest BCUT2D eigenvalue weighted by atomic mass is 16.1. The third-order valence-electron chi connectivity index (χ3n) is 3.74. The van der Waals surface area contributed by atoms with Crippen LogP contribution in [0.3, 0.4) is 0 Å². The number of amides is 1. The predicted octanol–water partition coefficient (Wildman–Crippen LogP) is 1.82. The van der Waals surface area contributed by atoms with Gasteiger partial charge in [-0.1, -0.05) is 13.0 Å². The molecule has 2 heterocycles. The number of piperidine rings is 1. The van der Waals surface area contributed by atoms with Gasteiger partial charge in [-0.25, -0.2) is 0 Å². The Hall–Kier alpha value is -1.42. The number of carbonyl (C=O) groups excluding carboxylic acids is 1. The van der Waals surface area contributed by atoms with Gasteiger partial charge in [0.1, 0.15) is 0 Å². The molecule has 4 heteroatoms. The lowest BCUT2D eigenvalue weighted by Gasteiger charge is -2.29. The minimum Gasteiger partial charge on any atom is -0.352 e. The van der Waals surface area contributed by atoms with E-state index in [2.05, 4.69) is 22.1 Å². The number of pyridine rings is 1. The van der Waals surface area contributed by atoms with E-state index in [-0.39, 0.29) is 5.91 Å². The maximum Gasteiger partial charge on any atom is 0.221 e. The summed E-state index contributed by atoms with van der Waals surface area (Å²) in [6.45, 7) is 6.03. The first-order valence-electron chi connectivity index (χ1n) is 7.12. The van der Waals surface area contributed by atoms with Crippen molar-refractivity contribution in [1.82, 2.24) is 15.2 Å². The molecule has 1 N–H and O–H groups in total. The molecule has 19 heavy (non-hydrogen) atoms. The predicted molar refractivity (Wildman–Crippen MR) is 75.5 cm³/mol. The Morgan fingerprint density at radius 1 is 1.47 bits per heavy atom. The molecule has 1 amide bonds. The molecule has 4 nitrogen and oxygen atoms in total. The molecular formula is C15H23N3O. The minimum atomic E-state index is 0.127. The van der Waals surface area contributed by atoms with Crippen LogP contribution in [0.2, 0.25) is 0 Å². The zero-order valence-corrected chi connectivity index (χ0v) is 11.6. The Balaban J connectivity index is 1.62. The lowest BCUT2D eigenvalue weighted by atomic mass is 9.99. The highest BCUT2D eigenvalue weighted by molar-refractivity contribution is 5.76. The van der Waals surface area contributed by atoms with Gasteiger partial charge in [-0.15, -0.1) is 0 Å². The van der Waals surface area contributed by atoms with Gasteiger partial charge in [0.2, 0.25) is 5.91 Å². The molecule has 0 bridgehead atoms. The molecule has 0 spiro atoms. The maximum absolute atomic E-state index is 11.8. The molecule has 0 atom stereocenters. The molecule has 0 unspecified atom stereocenters. The Labute approximate surface area is 115 Å². The number of carbonyl (C=O) groups is 1. The summed E-state index contributed by atoms with van der Waals surface area (Å²) in [5, 5.41) is 2.94. The monoisotopic (exact) mass is 261 g/mol. The molecule has 0 radical (unpaired) electrons. The summed E-state index contributed by atoms with van der Waals surface area (Å²) in [4.78, 5) is 18.2. The van der Waals surface area contributed by atoms with Gasteiger partial charge >= 0.3 is 0 Å². The van der Waals surface area contributed by atoms with Crippen LogP contribution in [0.15, 0.2) is 24.5 Å². The topological polar surface area (TPSA) is 45.2 Å². The number of likely N-dealkylation sites (tertiary alicyclic amines) is 1. The van der Waals surface area contributed by atoms with E-state index in [0.717, 1.165) is 31.1 Å². The normalized spacial score (nSPS) is 17.3. The SMILES string of the molecule is CC1CCN(CCC(=O)NCc2cccnc2)CC1. The van der Waals surface area contributed by atoms with Gasteiger partial charge in [0.15, 0.2) is 0 Å². The van der Waals surface area contributed by atoms with E-state index < -0.39 is 0 Å². The molecular weight excluding hydrogens is 238 g/mol. The fraction of sp³-hybridized carbons (Fsp3) is 0.600. The number of rotatable bonds is 5. The number of hydrogen-bond acceptors (Lipinski definition) is 3. The summed E-state index contributed by atoms with van der Waals surface area (Å²) in [5.41, 5.74) is 1.04. The zero-order valence-electron chi connectivity index (χ0n) is 11.6. The average molecular weight is 261 g/mol. The number of nitrogens with zero attached hydrogens (tertiary/aromatic N) is 2. The van der Waals surface area contributed by atoms with Crippen molar-refractivity contribution in [3.63, 3.8) is 0 Å². The molecule has 1 fully saturated rings. The van der Waals surface area contributed by atoms with Gasteiger partial charge < -0.3 is 10.2 Å². The van der Waals surface area contributed by atoms with Crippen LogP contribution in [0, 0.1) is 5.92 Å². The Morgan fingerprint density at radius 3 is 2.95 bits per heavy atom. The first-order chi connectivity index (χ1) is 9.24. The first-order valence-corrected chi connectivity index (χ1v) is 7.12. The molecule has 1 aromatic heterocycles. The lowest BCUT2D eigenvalue weighted by molar-refractivity contribution is -0.121. The van der Waals surface area contributed by atoms with Gasteiger partial charge in [-0.2, -0.15) is 0 Å². The fourth-order valence-corrected chi connectivity index (χ4v) is 2.34. The van der Waals surface area contributed by atoms with E-state index in [1.54, 1.807) is 12.4 Å². The number of aromatic nitrogens is 1.